The number of nitrogens with zero attached hydrogens (tertiary/aromatic N) is 6. The predicted octanol–water partition coefficient (Wildman–Crippen LogP) is 5.56. The number of hydrogen-bond acceptors (Lipinski definition) is 5. The summed E-state index contributed by atoms with van der Waals surface area (Å²) in [5.41, 5.74) is 6.18. The third-order valence-electron chi connectivity index (χ3n) is 7.85. The van der Waals surface area contributed by atoms with Gasteiger partial charge in [-0.3, -0.25) is 14.1 Å². The molecule has 0 spiro atoms. The molecule has 8 nitrogen and oxygen atoms in total. The fraction of sp³-hybridized carbons (Fsp3) is 0.483. The second-order valence-corrected chi connectivity index (χ2v) is 10.3. The highest BCUT2D eigenvalue weighted by Gasteiger charge is 2.20. The summed E-state index contributed by atoms with van der Waals surface area (Å²) in [6.45, 7) is 5.63. The second-order valence-electron chi connectivity index (χ2n) is 10.3. The lowest BCUT2D eigenvalue weighted by molar-refractivity contribution is 0.321. The molecule has 0 bridgehead atoms. The zero-order valence-electron chi connectivity index (χ0n) is 22.0. The number of pyridine rings is 1. The molecule has 37 heavy (non-hydrogen) atoms. The van der Waals surface area contributed by atoms with Gasteiger partial charge in [0.05, 0.1) is 12.2 Å². The van der Waals surface area contributed by atoms with Crippen molar-refractivity contribution < 1.29 is 0 Å². The van der Waals surface area contributed by atoms with Crippen LogP contribution in [0.5, 0.6) is 0 Å². The van der Waals surface area contributed by atoms with E-state index in [9.17, 15) is 4.79 Å². The van der Waals surface area contributed by atoms with Crippen LogP contribution in [0.25, 0.3) is 22.5 Å². The minimum absolute atomic E-state index is 0.105. The molecular formula is C29H37N7O. The minimum atomic E-state index is 0.105. The molecular weight excluding hydrogens is 462 g/mol. The van der Waals surface area contributed by atoms with E-state index in [4.69, 9.17) is 4.98 Å². The molecule has 0 unspecified atom stereocenters. The van der Waals surface area contributed by atoms with E-state index in [0.717, 1.165) is 71.9 Å². The fourth-order valence-corrected chi connectivity index (χ4v) is 5.68. The summed E-state index contributed by atoms with van der Waals surface area (Å²) in [6.07, 6.45) is 12.7. The van der Waals surface area contributed by atoms with Crippen LogP contribution >= 0.6 is 0 Å². The highest BCUT2D eigenvalue weighted by Crippen LogP contribution is 2.29. The largest absolute Gasteiger partial charge is 0.328 e. The molecule has 1 aliphatic carbocycles. The lowest BCUT2D eigenvalue weighted by Gasteiger charge is -2.21. The molecule has 1 N–H and O–H groups in total. The zero-order chi connectivity index (χ0) is 25.6. The van der Waals surface area contributed by atoms with Crippen molar-refractivity contribution in [1.82, 2.24) is 34.7 Å². The smallest absolute Gasteiger partial charge is 0.296 e. The topological polar surface area (TPSA) is 94.3 Å². The Morgan fingerprint density at radius 1 is 1.03 bits per heavy atom. The third kappa shape index (κ3) is 5.58. The van der Waals surface area contributed by atoms with Crippen LogP contribution in [0.1, 0.15) is 75.4 Å². The summed E-state index contributed by atoms with van der Waals surface area (Å²) < 4.78 is 3.98. The molecule has 0 radical (unpaired) electrons. The van der Waals surface area contributed by atoms with Crippen LogP contribution in [0, 0.1) is 12.8 Å². The molecule has 3 aromatic heterocycles. The third-order valence-corrected chi connectivity index (χ3v) is 7.85. The first-order chi connectivity index (χ1) is 18.2. The van der Waals surface area contributed by atoms with E-state index >= 15 is 0 Å². The fourth-order valence-electron chi connectivity index (χ4n) is 5.68. The van der Waals surface area contributed by atoms with Gasteiger partial charge in [-0.05, 0) is 54.2 Å². The average molecular weight is 500 g/mol. The molecule has 1 aromatic carbocycles. The summed E-state index contributed by atoms with van der Waals surface area (Å²) >= 11 is 0. The first-order valence-corrected chi connectivity index (χ1v) is 13.7. The molecule has 1 aliphatic rings. The Morgan fingerprint density at radius 3 is 2.54 bits per heavy atom. The Morgan fingerprint density at radius 2 is 1.84 bits per heavy atom. The van der Waals surface area contributed by atoms with Gasteiger partial charge < -0.3 is 0 Å². The van der Waals surface area contributed by atoms with Crippen molar-refractivity contribution in [2.45, 2.75) is 84.7 Å². The van der Waals surface area contributed by atoms with Gasteiger partial charge >= 0.3 is 5.69 Å². The lowest BCUT2D eigenvalue weighted by Crippen LogP contribution is -2.27. The maximum atomic E-state index is 13.6. The van der Waals surface area contributed by atoms with Gasteiger partial charge in [0.25, 0.3) is 0 Å². The van der Waals surface area contributed by atoms with E-state index in [-0.39, 0.29) is 5.69 Å². The average Bonchev–Trinajstić information content (AvgIpc) is 3.55. The van der Waals surface area contributed by atoms with Gasteiger partial charge in [0.1, 0.15) is 0 Å². The summed E-state index contributed by atoms with van der Waals surface area (Å²) in [4.78, 5) is 18.4. The molecule has 0 saturated heterocycles. The van der Waals surface area contributed by atoms with Crippen LogP contribution in [-0.4, -0.2) is 34.7 Å². The van der Waals surface area contributed by atoms with E-state index in [1.807, 2.05) is 45.7 Å². The molecule has 194 valence electrons. The van der Waals surface area contributed by atoms with Gasteiger partial charge in [0, 0.05) is 35.3 Å². The van der Waals surface area contributed by atoms with Crippen molar-refractivity contribution in [2.24, 2.45) is 5.92 Å². The molecule has 0 aliphatic heterocycles. The Labute approximate surface area is 218 Å². The van der Waals surface area contributed by atoms with Crippen LogP contribution < -0.4 is 5.69 Å². The molecule has 0 amide bonds. The van der Waals surface area contributed by atoms with Crippen molar-refractivity contribution in [1.29, 1.82) is 0 Å². The van der Waals surface area contributed by atoms with Crippen LogP contribution in [0.2, 0.25) is 0 Å². The monoisotopic (exact) mass is 499 g/mol. The second kappa shape index (κ2) is 11.7. The highest BCUT2D eigenvalue weighted by atomic mass is 16.1. The number of imidazole rings is 1. The summed E-state index contributed by atoms with van der Waals surface area (Å²) in [5, 5.41) is 14.3. The Kier molecular flexibility index (Phi) is 7.92. The molecule has 3 heterocycles. The number of H-pyrrole nitrogens is 1. The molecule has 1 fully saturated rings. The Bertz CT molecular complexity index is 1350. The number of aromatic amines is 1. The number of rotatable bonds is 10. The van der Waals surface area contributed by atoms with E-state index in [2.05, 4.69) is 40.5 Å². The zero-order valence-corrected chi connectivity index (χ0v) is 22.0. The van der Waals surface area contributed by atoms with Gasteiger partial charge in [-0.2, -0.15) is 0 Å². The molecule has 8 heteroatoms. The standard InChI is InChI=1S/C29H37N7O/c1-3-4-14-27-21(2)35(18-17-22-10-6-5-7-11-22)29(37)36(27)20-24-16-15-23(19-30-24)25-12-8-9-13-26(25)28-31-33-34-32-28/h8-9,12-13,15-16,19,22H,3-7,10-11,14,17-18,20H2,1-2H3,(H,31,32,33,34). The number of aromatic nitrogens is 7. The van der Waals surface area contributed by atoms with Crippen molar-refractivity contribution in [2.75, 3.05) is 0 Å². The predicted molar refractivity (Wildman–Crippen MR) is 145 cm³/mol. The maximum Gasteiger partial charge on any atom is 0.328 e. The van der Waals surface area contributed by atoms with Gasteiger partial charge in [-0.1, -0.05) is 75.8 Å². The quantitative estimate of drug-likeness (QED) is 0.308. The molecule has 1 saturated carbocycles. The first kappa shape index (κ1) is 25.1. The molecule has 4 aromatic rings. The van der Waals surface area contributed by atoms with Gasteiger partial charge in [-0.25, -0.2) is 9.89 Å². The first-order valence-electron chi connectivity index (χ1n) is 13.7. The normalized spacial score (nSPS) is 14.3. The summed E-state index contributed by atoms with van der Waals surface area (Å²) in [5.74, 6) is 1.38. The van der Waals surface area contributed by atoms with E-state index < -0.39 is 0 Å². The van der Waals surface area contributed by atoms with E-state index in [1.165, 1.54) is 32.1 Å². The van der Waals surface area contributed by atoms with Crippen molar-refractivity contribution in [3.05, 3.63) is 70.2 Å². The van der Waals surface area contributed by atoms with Crippen LogP contribution in [-0.2, 0) is 19.5 Å². The number of unbranched alkanes of at least 4 members (excludes halogenated alkanes) is 1. The maximum absolute atomic E-state index is 13.6. The molecule has 5 rings (SSSR count). The Balaban J connectivity index is 1.39. The van der Waals surface area contributed by atoms with Crippen molar-refractivity contribution >= 4 is 0 Å². The van der Waals surface area contributed by atoms with Crippen LogP contribution in [0.3, 0.4) is 0 Å². The number of nitrogens with one attached hydrogen (secondary N) is 1. The highest BCUT2D eigenvalue weighted by molar-refractivity contribution is 5.79. The number of benzene rings is 1. The van der Waals surface area contributed by atoms with Gasteiger partial charge in [0.2, 0.25) is 0 Å². The Hall–Kier alpha value is -3.55. The summed E-state index contributed by atoms with van der Waals surface area (Å²) in [6, 6.07) is 12.1. The summed E-state index contributed by atoms with van der Waals surface area (Å²) in [7, 11) is 0. The van der Waals surface area contributed by atoms with E-state index in [1.54, 1.807) is 0 Å². The van der Waals surface area contributed by atoms with Crippen LogP contribution in [0.15, 0.2) is 47.4 Å². The van der Waals surface area contributed by atoms with Crippen molar-refractivity contribution in [3.63, 3.8) is 0 Å². The number of tetrazole rings is 1. The minimum Gasteiger partial charge on any atom is -0.296 e. The van der Waals surface area contributed by atoms with E-state index in [0.29, 0.717) is 12.4 Å². The van der Waals surface area contributed by atoms with Crippen molar-refractivity contribution in [3.8, 4) is 22.5 Å². The van der Waals surface area contributed by atoms with Crippen LogP contribution in [0.4, 0.5) is 0 Å². The lowest BCUT2D eigenvalue weighted by atomic mass is 9.87. The van der Waals surface area contributed by atoms with Gasteiger partial charge in [-0.15, -0.1) is 5.10 Å². The SMILES string of the molecule is CCCCc1c(C)n(CCC2CCCCC2)c(=O)n1Cc1ccc(-c2ccccc2-c2nnn[nH]2)cn1. The molecule has 0 atom stereocenters. The number of hydrogen-bond donors (Lipinski definition) is 1. The van der Waals surface area contributed by atoms with Gasteiger partial charge in [0.15, 0.2) is 5.82 Å².